The minimum absolute atomic E-state index is 0.232. The van der Waals surface area contributed by atoms with Crippen LogP contribution in [-0.4, -0.2) is 17.1 Å². The van der Waals surface area contributed by atoms with Gasteiger partial charge in [-0.05, 0) is 54.7 Å². The molecule has 0 radical (unpaired) electrons. The SMILES string of the molecule is Cc1ccc(C2(C)CC(C(O)CCl)C2)cc1C. The number of aryl methyl sites for hydroxylation is 2. The molecular formula is C15H21ClO. The number of rotatable bonds is 3. The van der Waals surface area contributed by atoms with E-state index >= 15 is 0 Å². The smallest absolute Gasteiger partial charge is 0.0704 e. The number of alkyl halides is 1. The van der Waals surface area contributed by atoms with E-state index in [1.807, 2.05) is 0 Å². The fourth-order valence-electron chi connectivity index (χ4n) is 2.85. The van der Waals surface area contributed by atoms with Crippen molar-refractivity contribution in [1.29, 1.82) is 0 Å². The number of hydrogen-bond acceptors (Lipinski definition) is 1. The molecule has 1 fully saturated rings. The van der Waals surface area contributed by atoms with E-state index in [-0.39, 0.29) is 11.5 Å². The monoisotopic (exact) mass is 252 g/mol. The summed E-state index contributed by atoms with van der Waals surface area (Å²) in [6, 6.07) is 6.71. The van der Waals surface area contributed by atoms with Crippen LogP contribution in [0.25, 0.3) is 0 Å². The predicted octanol–water partition coefficient (Wildman–Crippen LogP) is 3.57. The molecule has 17 heavy (non-hydrogen) atoms. The lowest BCUT2D eigenvalue weighted by atomic mass is 9.58. The normalized spacial score (nSPS) is 29.8. The average molecular weight is 253 g/mol. The van der Waals surface area contributed by atoms with Gasteiger partial charge in [-0.1, -0.05) is 25.1 Å². The third-order valence-corrected chi connectivity index (χ3v) is 4.65. The molecule has 0 bridgehead atoms. The average Bonchev–Trinajstić information content (AvgIpc) is 2.27. The molecule has 1 aliphatic rings. The summed E-state index contributed by atoms with van der Waals surface area (Å²) < 4.78 is 0. The summed E-state index contributed by atoms with van der Waals surface area (Å²) in [5, 5.41) is 9.72. The Labute approximate surface area is 109 Å². The molecule has 1 nitrogen and oxygen atoms in total. The minimum atomic E-state index is -0.337. The van der Waals surface area contributed by atoms with Crippen LogP contribution in [0.1, 0.15) is 36.5 Å². The molecule has 1 aromatic rings. The van der Waals surface area contributed by atoms with Crippen molar-refractivity contribution in [2.75, 3.05) is 5.88 Å². The molecule has 1 aromatic carbocycles. The van der Waals surface area contributed by atoms with Crippen LogP contribution in [0.3, 0.4) is 0 Å². The molecule has 0 saturated heterocycles. The van der Waals surface area contributed by atoms with Gasteiger partial charge in [0.25, 0.3) is 0 Å². The molecule has 0 spiro atoms. The van der Waals surface area contributed by atoms with Gasteiger partial charge in [0.2, 0.25) is 0 Å². The maximum Gasteiger partial charge on any atom is 0.0704 e. The first-order valence-electron chi connectivity index (χ1n) is 6.28. The molecule has 1 atom stereocenters. The van der Waals surface area contributed by atoms with Gasteiger partial charge in [0.05, 0.1) is 6.10 Å². The Morgan fingerprint density at radius 1 is 1.35 bits per heavy atom. The Hall–Kier alpha value is -0.530. The second kappa shape index (κ2) is 4.62. The molecule has 0 amide bonds. The highest BCUT2D eigenvalue weighted by molar-refractivity contribution is 6.18. The topological polar surface area (TPSA) is 20.2 Å². The maximum atomic E-state index is 9.72. The maximum absolute atomic E-state index is 9.72. The zero-order valence-electron chi connectivity index (χ0n) is 10.8. The van der Waals surface area contributed by atoms with Crippen molar-refractivity contribution in [2.24, 2.45) is 5.92 Å². The van der Waals surface area contributed by atoms with Crippen molar-refractivity contribution in [3.05, 3.63) is 34.9 Å². The van der Waals surface area contributed by atoms with Crippen molar-refractivity contribution in [1.82, 2.24) is 0 Å². The van der Waals surface area contributed by atoms with Gasteiger partial charge in [-0.15, -0.1) is 11.6 Å². The zero-order chi connectivity index (χ0) is 12.6. The number of benzene rings is 1. The van der Waals surface area contributed by atoms with Gasteiger partial charge in [-0.2, -0.15) is 0 Å². The van der Waals surface area contributed by atoms with Crippen LogP contribution >= 0.6 is 11.6 Å². The standard InChI is InChI=1S/C15H21ClO/c1-10-4-5-13(6-11(10)2)15(3)7-12(8-15)14(17)9-16/h4-6,12,14,17H,7-9H2,1-3H3. The van der Waals surface area contributed by atoms with Gasteiger partial charge in [0.15, 0.2) is 0 Å². The van der Waals surface area contributed by atoms with Crippen molar-refractivity contribution >= 4 is 11.6 Å². The fourth-order valence-corrected chi connectivity index (χ4v) is 3.10. The molecule has 2 heteroatoms. The summed E-state index contributed by atoms with van der Waals surface area (Å²) in [6.07, 6.45) is 1.75. The van der Waals surface area contributed by atoms with Crippen LogP contribution in [0.2, 0.25) is 0 Å². The van der Waals surface area contributed by atoms with E-state index in [0.29, 0.717) is 11.8 Å². The van der Waals surface area contributed by atoms with E-state index in [4.69, 9.17) is 11.6 Å². The first kappa shape index (κ1) is 12.9. The third-order valence-electron chi connectivity index (χ3n) is 4.33. The van der Waals surface area contributed by atoms with Crippen molar-refractivity contribution < 1.29 is 5.11 Å². The van der Waals surface area contributed by atoms with E-state index in [1.54, 1.807) is 0 Å². The lowest BCUT2D eigenvalue weighted by Crippen LogP contribution is -2.44. The first-order valence-corrected chi connectivity index (χ1v) is 6.81. The van der Waals surface area contributed by atoms with Crippen molar-refractivity contribution in [3.63, 3.8) is 0 Å². The van der Waals surface area contributed by atoms with E-state index in [1.165, 1.54) is 16.7 Å². The minimum Gasteiger partial charge on any atom is -0.392 e. The third kappa shape index (κ3) is 2.36. The second-order valence-electron chi connectivity index (χ2n) is 5.75. The second-order valence-corrected chi connectivity index (χ2v) is 6.06. The van der Waals surface area contributed by atoms with Gasteiger partial charge >= 0.3 is 0 Å². The summed E-state index contributed by atoms with van der Waals surface area (Å²) in [6.45, 7) is 6.59. The highest BCUT2D eigenvalue weighted by atomic mass is 35.5. The predicted molar refractivity (Wildman–Crippen MR) is 72.7 cm³/mol. The molecule has 0 heterocycles. The molecule has 94 valence electrons. The van der Waals surface area contributed by atoms with Crippen LogP contribution in [0.4, 0.5) is 0 Å². The van der Waals surface area contributed by atoms with Crippen LogP contribution in [-0.2, 0) is 5.41 Å². The van der Waals surface area contributed by atoms with Gasteiger partial charge in [0, 0.05) is 5.88 Å². The van der Waals surface area contributed by atoms with Gasteiger partial charge in [0.1, 0.15) is 0 Å². The molecule has 2 rings (SSSR count). The summed E-state index contributed by atoms with van der Waals surface area (Å²) >= 11 is 5.69. The van der Waals surface area contributed by atoms with E-state index < -0.39 is 0 Å². The summed E-state index contributed by atoms with van der Waals surface area (Å²) in [4.78, 5) is 0. The van der Waals surface area contributed by atoms with Crippen molar-refractivity contribution in [3.8, 4) is 0 Å². The molecule has 1 unspecified atom stereocenters. The van der Waals surface area contributed by atoms with Crippen LogP contribution in [0, 0.1) is 19.8 Å². The largest absolute Gasteiger partial charge is 0.392 e. The highest BCUT2D eigenvalue weighted by Crippen LogP contribution is 2.49. The Kier molecular flexibility index (Phi) is 3.51. The van der Waals surface area contributed by atoms with E-state index in [2.05, 4.69) is 39.0 Å². The van der Waals surface area contributed by atoms with Crippen LogP contribution < -0.4 is 0 Å². The van der Waals surface area contributed by atoms with E-state index in [9.17, 15) is 5.11 Å². The number of hydrogen-bond donors (Lipinski definition) is 1. The molecule has 0 aliphatic heterocycles. The Morgan fingerprint density at radius 3 is 2.53 bits per heavy atom. The molecule has 0 aromatic heterocycles. The van der Waals surface area contributed by atoms with Crippen LogP contribution in [0.15, 0.2) is 18.2 Å². The lowest BCUT2D eigenvalue weighted by Gasteiger charge is -2.47. The molecule has 1 aliphatic carbocycles. The Bertz CT molecular complexity index is 407. The number of aliphatic hydroxyl groups is 1. The number of halogens is 1. The molecular weight excluding hydrogens is 232 g/mol. The quantitative estimate of drug-likeness (QED) is 0.816. The summed E-state index contributed by atoms with van der Waals surface area (Å²) in [5.74, 6) is 0.729. The molecule has 1 saturated carbocycles. The highest BCUT2D eigenvalue weighted by Gasteiger charge is 2.44. The molecule has 1 N–H and O–H groups in total. The fraction of sp³-hybridized carbons (Fsp3) is 0.600. The van der Waals surface area contributed by atoms with Gasteiger partial charge < -0.3 is 5.11 Å². The van der Waals surface area contributed by atoms with Gasteiger partial charge in [-0.3, -0.25) is 0 Å². The number of aliphatic hydroxyl groups excluding tert-OH is 1. The Morgan fingerprint density at radius 2 is 2.00 bits per heavy atom. The van der Waals surface area contributed by atoms with Crippen molar-refractivity contribution in [2.45, 2.75) is 45.1 Å². The lowest BCUT2D eigenvalue weighted by molar-refractivity contribution is 0.0293. The van der Waals surface area contributed by atoms with Gasteiger partial charge in [-0.25, -0.2) is 0 Å². The summed E-state index contributed by atoms with van der Waals surface area (Å²) in [7, 11) is 0. The zero-order valence-corrected chi connectivity index (χ0v) is 11.6. The van der Waals surface area contributed by atoms with E-state index in [0.717, 1.165) is 12.8 Å². The summed E-state index contributed by atoms with van der Waals surface area (Å²) in [5.41, 5.74) is 4.33. The first-order chi connectivity index (χ1) is 7.96. The Balaban J connectivity index is 2.11. The van der Waals surface area contributed by atoms with Crippen LogP contribution in [0.5, 0.6) is 0 Å².